The Morgan fingerprint density at radius 1 is 0.741 bits per heavy atom. The van der Waals surface area contributed by atoms with Gasteiger partial charge in [-0.2, -0.15) is 10.2 Å². The van der Waals surface area contributed by atoms with Crippen LogP contribution >= 0.6 is 23.4 Å². The van der Waals surface area contributed by atoms with Crippen molar-refractivity contribution in [3.8, 4) is 0 Å². The van der Waals surface area contributed by atoms with Gasteiger partial charge >= 0.3 is 23.9 Å². The lowest BCUT2D eigenvalue weighted by Crippen LogP contribution is -2.56. The molecule has 0 radical (unpaired) electrons. The van der Waals surface area contributed by atoms with Crippen LogP contribution in [0.2, 0.25) is 5.02 Å². The van der Waals surface area contributed by atoms with E-state index in [-0.39, 0.29) is 5.70 Å². The molecule has 4 aromatic rings. The summed E-state index contributed by atoms with van der Waals surface area (Å²) >= 11 is 7.34. The summed E-state index contributed by atoms with van der Waals surface area (Å²) < 4.78 is 21.3. The first-order valence-electron chi connectivity index (χ1n) is 18.2. The van der Waals surface area contributed by atoms with E-state index in [0.29, 0.717) is 33.5 Å². The van der Waals surface area contributed by atoms with Crippen molar-refractivity contribution in [2.45, 2.75) is 57.3 Å². The number of rotatable bonds is 16. The molecular weight excluding hydrogens is 784 g/mol. The minimum atomic E-state index is -1.77. The maximum atomic E-state index is 15.5. The van der Waals surface area contributed by atoms with Gasteiger partial charge in [0.05, 0.1) is 16.6 Å². The van der Waals surface area contributed by atoms with E-state index in [2.05, 4.69) is 10.4 Å². The Labute approximate surface area is 345 Å². The molecule has 302 valence electrons. The fourth-order valence-corrected chi connectivity index (χ4v) is 8.26. The zero-order valence-electron chi connectivity index (χ0n) is 32.5. The maximum Gasteiger partial charge on any atom is 0.303 e. The van der Waals surface area contributed by atoms with Crippen molar-refractivity contribution >= 4 is 64.5 Å². The Morgan fingerprint density at radius 2 is 1.31 bits per heavy atom. The first-order chi connectivity index (χ1) is 27.8. The van der Waals surface area contributed by atoms with Crippen molar-refractivity contribution in [1.29, 1.82) is 0 Å². The summed E-state index contributed by atoms with van der Waals surface area (Å²) in [6.07, 6.45) is -4.83. The molecule has 0 unspecified atom stereocenters. The average molecular weight is 827 g/mol. The number of hydrogen-bond donors (Lipinski definition) is 1. The normalized spacial score (nSPS) is 17.8. The molecule has 1 aliphatic heterocycles. The van der Waals surface area contributed by atoms with Crippen molar-refractivity contribution in [3.63, 3.8) is 0 Å². The van der Waals surface area contributed by atoms with E-state index >= 15 is 4.79 Å². The second kappa shape index (κ2) is 19.9. The van der Waals surface area contributed by atoms with Crippen molar-refractivity contribution in [3.05, 3.63) is 142 Å². The van der Waals surface area contributed by atoms with Crippen LogP contribution in [0.3, 0.4) is 0 Å². The Kier molecular flexibility index (Phi) is 14.8. The molecule has 1 aliphatic rings. The Morgan fingerprint density at radius 3 is 1.88 bits per heavy atom. The van der Waals surface area contributed by atoms with E-state index in [4.69, 9.17) is 35.7 Å². The third-order valence-corrected chi connectivity index (χ3v) is 10.8. The van der Waals surface area contributed by atoms with Crippen LogP contribution in [0.4, 0.5) is 11.4 Å². The summed E-state index contributed by atoms with van der Waals surface area (Å²) in [5, 5.41) is 13.4. The first kappa shape index (κ1) is 43.1. The molecule has 15 heteroatoms. The van der Waals surface area contributed by atoms with Crippen LogP contribution in [0.1, 0.15) is 38.8 Å². The van der Waals surface area contributed by atoms with Gasteiger partial charge in [0.15, 0.2) is 18.3 Å². The molecular formula is C43H43ClN4O9S. The van der Waals surface area contributed by atoms with Crippen LogP contribution in [0, 0.1) is 5.92 Å². The van der Waals surface area contributed by atoms with Crippen LogP contribution < -0.4 is 5.32 Å². The predicted octanol–water partition coefficient (Wildman–Crippen LogP) is 7.98. The van der Waals surface area contributed by atoms with E-state index in [1.807, 2.05) is 48.3 Å². The largest absolute Gasteiger partial charge is 0.462 e. The number of carbonyl (C=O) groups is 5. The van der Waals surface area contributed by atoms with Gasteiger partial charge in [-0.1, -0.05) is 102 Å². The molecule has 1 amide bonds. The molecule has 5 atom stereocenters. The Balaban J connectivity index is 1.87. The smallest absolute Gasteiger partial charge is 0.303 e. The molecule has 0 fully saturated rings. The summed E-state index contributed by atoms with van der Waals surface area (Å²) in [6, 6.07) is 33.8. The highest BCUT2D eigenvalue weighted by atomic mass is 35.5. The highest BCUT2D eigenvalue weighted by molar-refractivity contribution is 8.04. The monoisotopic (exact) mass is 826 g/mol. The summed E-state index contributed by atoms with van der Waals surface area (Å²) in [4.78, 5) is 68.5. The van der Waals surface area contributed by atoms with Crippen molar-refractivity contribution < 1.29 is 42.9 Å². The van der Waals surface area contributed by atoms with Gasteiger partial charge < -0.3 is 29.2 Å². The average Bonchev–Trinajstić information content (AvgIpc) is 3.54. The number of esters is 4. The molecule has 0 bridgehead atoms. The number of hydrogen-bond acceptors (Lipinski definition) is 13. The van der Waals surface area contributed by atoms with Crippen LogP contribution in [0.5, 0.6) is 0 Å². The zero-order chi connectivity index (χ0) is 41.8. The van der Waals surface area contributed by atoms with Crippen LogP contribution in [0.15, 0.2) is 136 Å². The quantitative estimate of drug-likeness (QED) is 0.0662. The number of ether oxygens (including phenoxy) is 4. The van der Waals surface area contributed by atoms with Gasteiger partial charge in [0.1, 0.15) is 17.1 Å². The number of azo groups is 1. The number of nitrogens with one attached hydrogen (secondary N) is 1. The van der Waals surface area contributed by atoms with E-state index in [1.165, 1.54) is 0 Å². The third kappa shape index (κ3) is 10.9. The second-order valence-corrected chi connectivity index (χ2v) is 15.0. The SMILES string of the molecule is CC(=O)OC[C@@H](OC(C)=O)[C@@H](OC(C)=O)[C@H](OC(C)=O)[C@H]1C(N=Nc2ccc(Cl)cc2)=C(N(C)Cc2ccccc2)S[C@]1(C(=O)Nc1ccccc1)c1ccccc1. The molecule has 13 nitrogen and oxygen atoms in total. The van der Waals surface area contributed by atoms with Gasteiger partial charge in [-0.05, 0) is 47.5 Å². The van der Waals surface area contributed by atoms with Gasteiger partial charge in [-0.25, -0.2) is 0 Å². The Hall–Kier alpha value is -5.99. The molecule has 0 aromatic heterocycles. The zero-order valence-corrected chi connectivity index (χ0v) is 34.1. The number of benzene rings is 4. The van der Waals surface area contributed by atoms with Gasteiger partial charge in [-0.3, -0.25) is 24.0 Å². The third-order valence-electron chi connectivity index (χ3n) is 8.88. The van der Waals surface area contributed by atoms with Gasteiger partial charge in [0.2, 0.25) is 5.91 Å². The molecule has 0 saturated heterocycles. The topological polar surface area (TPSA) is 162 Å². The molecule has 58 heavy (non-hydrogen) atoms. The maximum absolute atomic E-state index is 15.5. The van der Waals surface area contributed by atoms with Gasteiger partial charge in [-0.15, -0.1) is 0 Å². The minimum Gasteiger partial charge on any atom is -0.462 e. The number of halogens is 1. The highest BCUT2D eigenvalue weighted by Gasteiger charge is 2.63. The highest BCUT2D eigenvalue weighted by Crippen LogP contribution is 2.60. The molecule has 4 aromatic carbocycles. The van der Waals surface area contributed by atoms with Crippen LogP contribution in [-0.4, -0.2) is 66.7 Å². The minimum absolute atomic E-state index is 0.169. The van der Waals surface area contributed by atoms with Crippen molar-refractivity contribution in [2.75, 3.05) is 19.0 Å². The van der Waals surface area contributed by atoms with Gasteiger partial charge in [0.25, 0.3) is 0 Å². The summed E-state index contributed by atoms with van der Waals surface area (Å²) in [5.41, 5.74) is 2.43. The van der Waals surface area contributed by atoms with E-state index in [1.54, 1.807) is 78.9 Å². The number of anilines is 1. The number of thioether (sulfide) groups is 1. The molecule has 1 heterocycles. The predicted molar refractivity (Wildman–Crippen MR) is 218 cm³/mol. The number of carbonyl (C=O) groups excluding carboxylic acids is 5. The first-order valence-corrected chi connectivity index (χ1v) is 19.4. The van der Waals surface area contributed by atoms with E-state index < -0.39 is 65.4 Å². The van der Waals surface area contributed by atoms with Crippen molar-refractivity contribution in [2.24, 2.45) is 16.1 Å². The molecule has 1 N–H and O–H groups in total. The van der Waals surface area contributed by atoms with Gasteiger partial charge in [0, 0.05) is 52.0 Å². The van der Waals surface area contributed by atoms with Crippen LogP contribution in [0.25, 0.3) is 0 Å². The second-order valence-electron chi connectivity index (χ2n) is 13.3. The van der Waals surface area contributed by atoms with Crippen LogP contribution in [-0.2, 0) is 54.2 Å². The van der Waals surface area contributed by atoms with E-state index in [0.717, 1.165) is 45.0 Å². The lowest BCUT2D eigenvalue weighted by Gasteiger charge is -2.41. The standard InChI is InChI=1S/C43H43ClN4O9S/c1-27(49)54-26-36(55-28(2)50)39(56-29(3)51)40(57-30(4)52)37-38(47-46-35-23-21-33(44)22-24-35)41(48(5)25-31-15-9-6-10-16-31)58-43(37,32-17-11-7-12-18-32)42(53)45-34-19-13-8-14-20-34/h6-24,36-37,39-40H,25-26H2,1-5H3,(H,45,53)/t36-,37-,39-,40-,43-/m1/s1. The number of para-hydroxylation sites is 1. The fourth-order valence-electron chi connectivity index (χ4n) is 6.57. The number of nitrogens with zero attached hydrogens (tertiary/aromatic N) is 3. The molecule has 0 aliphatic carbocycles. The van der Waals surface area contributed by atoms with E-state index in [9.17, 15) is 19.2 Å². The summed E-state index contributed by atoms with van der Waals surface area (Å²) in [7, 11) is 1.83. The molecule has 5 rings (SSSR count). The summed E-state index contributed by atoms with van der Waals surface area (Å²) in [6.45, 7) is 4.31. The van der Waals surface area contributed by atoms with Crippen molar-refractivity contribution in [1.82, 2.24) is 4.90 Å². The summed E-state index contributed by atoms with van der Waals surface area (Å²) in [5.74, 6) is -5.11. The fraction of sp³-hybridized carbons (Fsp3) is 0.279. The molecule has 0 saturated carbocycles. The lowest BCUT2D eigenvalue weighted by molar-refractivity contribution is -0.193. The lowest BCUT2D eigenvalue weighted by atomic mass is 9.76. The molecule has 0 spiro atoms. The Bertz CT molecular complexity index is 2140. The number of amides is 1.